The van der Waals surface area contributed by atoms with Gasteiger partial charge in [-0.15, -0.1) is 0 Å². The van der Waals surface area contributed by atoms with Crippen molar-refractivity contribution in [2.75, 3.05) is 67.5 Å². The van der Waals surface area contributed by atoms with Crippen LogP contribution in [0.5, 0.6) is 11.5 Å². The van der Waals surface area contributed by atoms with Gasteiger partial charge in [-0.2, -0.15) is 0 Å². The third-order valence-corrected chi connectivity index (χ3v) is 7.81. The molecule has 0 atom stereocenters. The summed E-state index contributed by atoms with van der Waals surface area (Å²) >= 11 is 0. The standard InChI is InChI=1S/C33H37N7O5/c1-22-7-6-8-23(2)31(22)36-32(41)40(27-14-13-26(44-4)19-28(27)45-5)30-20-29(34-21-35-30)39(33(42)43)25-11-9-24(10-12-25)38-17-15-37(3)16-18-38/h6-14,19-21H,15-18H2,1-5H3,(H,36,41)(H,42,43). The largest absolute Gasteiger partial charge is 0.497 e. The lowest BCUT2D eigenvalue weighted by Crippen LogP contribution is -2.44. The van der Waals surface area contributed by atoms with Gasteiger partial charge in [0.05, 0.1) is 25.6 Å². The van der Waals surface area contributed by atoms with Gasteiger partial charge in [-0.05, 0) is 68.4 Å². The first-order chi connectivity index (χ1) is 21.7. The zero-order valence-corrected chi connectivity index (χ0v) is 26.0. The van der Waals surface area contributed by atoms with E-state index in [-0.39, 0.29) is 11.6 Å². The summed E-state index contributed by atoms with van der Waals surface area (Å²) in [4.78, 5) is 42.3. The molecule has 2 heterocycles. The van der Waals surface area contributed by atoms with Crippen LogP contribution in [0.15, 0.2) is 73.1 Å². The fraction of sp³-hybridized carbons (Fsp3) is 0.273. The average Bonchev–Trinajstić information content (AvgIpc) is 3.04. The number of aryl methyl sites for hydroxylation is 2. The fourth-order valence-corrected chi connectivity index (χ4v) is 5.28. The zero-order chi connectivity index (χ0) is 32.1. The Bertz CT molecular complexity index is 1650. The van der Waals surface area contributed by atoms with Crippen molar-refractivity contribution >= 4 is 46.5 Å². The number of benzene rings is 3. The molecule has 12 heteroatoms. The van der Waals surface area contributed by atoms with Gasteiger partial charge in [0, 0.05) is 49.7 Å². The Morgan fingerprint density at radius 1 is 0.844 bits per heavy atom. The maximum absolute atomic E-state index is 14.1. The summed E-state index contributed by atoms with van der Waals surface area (Å²) < 4.78 is 11.0. The molecule has 0 saturated carbocycles. The first-order valence-electron chi connectivity index (χ1n) is 14.5. The first-order valence-corrected chi connectivity index (χ1v) is 14.5. The van der Waals surface area contributed by atoms with Crippen LogP contribution < -0.4 is 29.5 Å². The topological polar surface area (TPSA) is 124 Å². The van der Waals surface area contributed by atoms with E-state index < -0.39 is 12.1 Å². The fourth-order valence-electron chi connectivity index (χ4n) is 5.28. The van der Waals surface area contributed by atoms with Gasteiger partial charge in [-0.3, -0.25) is 0 Å². The molecule has 1 fully saturated rings. The number of hydrogen-bond donors (Lipinski definition) is 2. The van der Waals surface area contributed by atoms with Gasteiger partial charge >= 0.3 is 12.1 Å². The molecule has 0 unspecified atom stereocenters. The van der Waals surface area contributed by atoms with Gasteiger partial charge in [-0.25, -0.2) is 29.4 Å². The molecule has 45 heavy (non-hydrogen) atoms. The monoisotopic (exact) mass is 611 g/mol. The maximum atomic E-state index is 14.1. The number of nitrogens with one attached hydrogen (secondary N) is 1. The third-order valence-electron chi connectivity index (χ3n) is 7.81. The Balaban J connectivity index is 1.54. The smallest absolute Gasteiger partial charge is 0.417 e. The second kappa shape index (κ2) is 13.5. The van der Waals surface area contributed by atoms with Gasteiger partial charge in [0.15, 0.2) is 0 Å². The lowest BCUT2D eigenvalue weighted by molar-refractivity contribution is 0.204. The van der Waals surface area contributed by atoms with Crippen LogP contribution in [0.1, 0.15) is 11.1 Å². The zero-order valence-electron chi connectivity index (χ0n) is 26.0. The number of methoxy groups -OCH3 is 2. The molecular formula is C33H37N7O5. The lowest BCUT2D eigenvalue weighted by Gasteiger charge is -2.34. The Morgan fingerprint density at radius 2 is 1.49 bits per heavy atom. The molecule has 0 aliphatic carbocycles. The van der Waals surface area contributed by atoms with Crippen LogP contribution in [-0.2, 0) is 0 Å². The summed E-state index contributed by atoms with van der Waals surface area (Å²) in [5, 5.41) is 13.3. The van der Waals surface area contributed by atoms with Crippen molar-refractivity contribution < 1.29 is 24.2 Å². The summed E-state index contributed by atoms with van der Waals surface area (Å²) in [6, 6.07) is 19.0. The normalized spacial score (nSPS) is 13.2. The van der Waals surface area contributed by atoms with Crippen LogP contribution in [0.25, 0.3) is 0 Å². The van der Waals surface area contributed by atoms with E-state index in [4.69, 9.17) is 9.47 Å². The molecule has 1 aliphatic rings. The van der Waals surface area contributed by atoms with Crippen LogP contribution in [-0.4, -0.2) is 79.5 Å². The van der Waals surface area contributed by atoms with Gasteiger partial charge in [0.2, 0.25) is 0 Å². The van der Waals surface area contributed by atoms with E-state index in [1.165, 1.54) is 31.5 Å². The van der Waals surface area contributed by atoms with E-state index >= 15 is 0 Å². The molecule has 3 aromatic carbocycles. The van der Waals surface area contributed by atoms with Gasteiger partial charge in [0.25, 0.3) is 0 Å². The minimum atomic E-state index is -1.24. The Hall–Kier alpha value is -5.36. The summed E-state index contributed by atoms with van der Waals surface area (Å²) in [5.41, 5.74) is 4.20. The number of piperazine rings is 1. The highest BCUT2D eigenvalue weighted by Crippen LogP contribution is 2.38. The molecule has 1 saturated heterocycles. The molecule has 2 N–H and O–H groups in total. The molecule has 5 rings (SSSR count). The molecule has 12 nitrogen and oxygen atoms in total. The third kappa shape index (κ3) is 6.75. The number of para-hydroxylation sites is 1. The van der Waals surface area contributed by atoms with Crippen molar-refractivity contribution in [1.29, 1.82) is 0 Å². The summed E-state index contributed by atoms with van der Waals surface area (Å²) in [6.45, 7) is 7.51. The van der Waals surface area contributed by atoms with Crippen LogP contribution in [0.4, 0.5) is 44.0 Å². The first kappa shape index (κ1) is 31.1. The van der Waals surface area contributed by atoms with E-state index in [1.54, 1.807) is 30.3 Å². The number of aromatic nitrogens is 2. The molecular weight excluding hydrogens is 574 g/mol. The van der Waals surface area contributed by atoms with Crippen molar-refractivity contribution in [3.63, 3.8) is 0 Å². The molecule has 4 aromatic rings. The molecule has 0 spiro atoms. The predicted octanol–water partition coefficient (Wildman–Crippen LogP) is 6.05. The van der Waals surface area contributed by atoms with Crippen LogP contribution in [0, 0.1) is 13.8 Å². The van der Waals surface area contributed by atoms with Crippen molar-refractivity contribution in [1.82, 2.24) is 14.9 Å². The number of carbonyl (C=O) groups is 2. The Morgan fingerprint density at radius 3 is 2.09 bits per heavy atom. The van der Waals surface area contributed by atoms with E-state index in [9.17, 15) is 14.7 Å². The molecule has 3 amide bonds. The summed E-state index contributed by atoms with van der Waals surface area (Å²) in [6.07, 6.45) is -0.00493. The number of urea groups is 1. The molecule has 0 radical (unpaired) electrons. The number of carbonyl (C=O) groups excluding carboxylic acids is 1. The quantitative estimate of drug-likeness (QED) is 0.245. The number of likely N-dealkylation sites (N-methyl/N-ethyl adjacent to an activating group) is 1. The SMILES string of the molecule is COc1ccc(N(C(=O)Nc2c(C)cccc2C)c2cc(N(C(=O)O)c3ccc(N4CCN(C)CC4)cc3)ncn2)c(OC)c1. The number of hydrogen-bond acceptors (Lipinski definition) is 8. The molecule has 1 aromatic heterocycles. The average molecular weight is 612 g/mol. The number of carboxylic acid groups (broad SMARTS) is 1. The van der Waals surface area contributed by atoms with E-state index in [2.05, 4.69) is 32.1 Å². The Labute approximate surface area is 262 Å². The van der Waals surface area contributed by atoms with Crippen molar-refractivity contribution in [3.05, 3.63) is 84.2 Å². The van der Waals surface area contributed by atoms with Gasteiger partial charge < -0.3 is 29.7 Å². The van der Waals surface area contributed by atoms with Crippen LogP contribution >= 0.6 is 0 Å². The van der Waals surface area contributed by atoms with Crippen molar-refractivity contribution in [3.8, 4) is 11.5 Å². The number of anilines is 6. The van der Waals surface area contributed by atoms with Crippen LogP contribution in [0.2, 0.25) is 0 Å². The number of ether oxygens (including phenoxy) is 2. The van der Waals surface area contributed by atoms with Crippen molar-refractivity contribution in [2.45, 2.75) is 13.8 Å². The molecule has 234 valence electrons. The minimum Gasteiger partial charge on any atom is -0.497 e. The van der Waals surface area contributed by atoms with Crippen LogP contribution in [0.3, 0.4) is 0 Å². The highest BCUT2D eigenvalue weighted by molar-refractivity contribution is 6.08. The number of rotatable bonds is 8. The minimum absolute atomic E-state index is 0.0669. The second-order valence-electron chi connectivity index (χ2n) is 10.7. The lowest BCUT2D eigenvalue weighted by atomic mass is 10.1. The van der Waals surface area contributed by atoms with E-state index in [0.29, 0.717) is 28.6 Å². The maximum Gasteiger partial charge on any atom is 0.417 e. The predicted molar refractivity (Wildman–Crippen MR) is 175 cm³/mol. The Kier molecular flexibility index (Phi) is 9.33. The second-order valence-corrected chi connectivity index (χ2v) is 10.7. The molecule has 1 aliphatic heterocycles. The number of amides is 3. The van der Waals surface area contributed by atoms with Gasteiger partial charge in [-0.1, -0.05) is 18.2 Å². The highest BCUT2D eigenvalue weighted by atomic mass is 16.5. The highest BCUT2D eigenvalue weighted by Gasteiger charge is 2.27. The molecule has 0 bridgehead atoms. The summed E-state index contributed by atoms with van der Waals surface area (Å²) in [7, 11) is 5.12. The summed E-state index contributed by atoms with van der Waals surface area (Å²) in [5.74, 6) is 1.08. The number of nitrogens with zero attached hydrogens (tertiary/aromatic N) is 6. The van der Waals surface area contributed by atoms with Gasteiger partial charge in [0.1, 0.15) is 29.5 Å². The van der Waals surface area contributed by atoms with Crippen molar-refractivity contribution in [2.24, 2.45) is 0 Å². The van der Waals surface area contributed by atoms with E-state index in [0.717, 1.165) is 47.9 Å². The van der Waals surface area contributed by atoms with E-state index in [1.807, 2.05) is 44.2 Å².